The number of ether oxygens (including phenoxy) is 1. The highest BCUT2D eigenvalue weighted by Gasteiger charge is 2.18. The van der Waals surface area contributed by atoms with Crippen LogP contribution in [-0.2, 0) is 0 Å². The fourth-order valence-corrected chi connectivity index (χ4v) is 4.09. The van der Waals surface area contributed by atoms with E-state index in [2.05, 4.69) is 36.4 Å². The molecule has 0 aliphatic carbocycles. The molecule has 0 saturated carbocycles. The number of methoxy groups -OCH3 is 1. The fraction of sp³-hybridized carbons (Fsp3) is 0.231. The molecule has 2 amide bonds. The number of halogens is 1. The Kier molecular flexibility index (Phi) is 7.77. The lowest BCUT2D eigenvalue weighted by molar-refractivity contribution is 0.102. The van der Waals surface area contributed by atoms with Gasteiger partial charge >= 0.3 is 0 Å². The number of anilines is 2. The van der Waals surface area contributed by atoms with E-state index in [1.807, 2.05) is 0 Å². The van der Waals surface area contributed by atoms with Crippen molar-refractivity contribution in [2.75, 3.05) is 30.8 Å². The van der Waals surface area contributed by atoms with Gasteiger partial charge in [-0.25, -0.2) is 4.98 Å². The first-order valence-corrected chi connectivity index (χ1v) is 12.1. The number of amides is 2. The number of aromatic nitrogens is 1. The summed E-state index contributed by atoms with van der Waals surface area (Å²) in [5.41, 5.74) is 1.79. The number of nitrogens with zero attached hydrogens (tertiary/aromatic N) is 2. The summed E-state index contributed by atoms with van der Waals surface area (Å²) >= 11 is 3.32. The molecule has 0 atom stereocenters. The van der Waals surface area contributed by atoms with E-state index in [9.17, 15) is 9.59 Å². The van der Waals surface area contributed by atoms with Crippen molar-refractivity contribution in [1.29, 1.82) is 5.41 Å². The molecule has 9 heteroatoms. The molecule has 1 fully saturated rings. The summed E-state index contributed by atoms with van der Waals surface area (Å²) in [6, 6.07) is 15.3. The van der Waals surface area contributed by atoms with Crippen molar-refractivity contribution in [2.24, 2.45) is 0 Å². The predicted molar refractivity (Wildman–Crippen MR) is 140 cm³/mol. The van der Waals surface area contributed by atoms with Gasteiger partial charge in [0.05, 0.1) is 18.4 Å². The molecule has 0 radical (unpaired) electrons. The third-order valence-electron chi connectivity index (χ3n) is 5.78. The van der Waals surface area contributed by atoms with E-state index < -0.39 is 5.91 Å². The Labute approximate surface area is 212 Å². The van der Waals surface area contributed by atoms with E-state index in [-0.39, 0.29) is 11.5 Å². The van der Waals surface area contributed by atoms with Crippen LogP contribution in [-0.4, -0.2) is 47.7 Å². The van der Waals surface area contributed by atoms with Gasteiger partial charge < -0.3 is 20.3 Å². The minimum absolute atomic E-state index is 0.242. The van der Waals surface area contributed by atoms with Crippen molar-refractivity contribution in [3.63, 3.8) is 0 Å². The number of carbonyl (C=O) groups is 2. The molecule has 0 unspecified atom stereocenters. The van der Waals surface area contributed by atoms with Gasteiger partial charge in [-0.15, -0.1) is 0 Å². The number of nitrogens with one attached hydrogen (secondary N) is 3. The minimum Gasteiger partial charge on any atom is -0.497 e. The van der Waals surface area contributed by atoms with E-state index in [4.69, 9.17) is 10.1 Å². The number of hydrogen-bond donors (Lipinski definition) is 3. The first kappa shape index (κ1) is 24.4. The van der Waals surface area contributed by atoms with Gasteiger partial charge in [-0.2, -0.15) is 0 Å². The topological polar surface area (TPSA) is 107 Å². The summed E-state index contributed by atoms with van der Waals surface area (Å²) in [7, 11) is 1.51. The van der Waals surface area contributed by atoms with Gasteiger partial charge in [-0.05, 0) is 77.7 Å². The molecule has 180 valence electrons. The lowest BCUT2D eigenvalue weighted by atomic mass is 10.1. The summed E-state index contributed by atoms with van der Waals surface area (Å²) in [6.07, 6.45) is 4.98. The summed E-state index contributed by atoms with van der Waals surface area (Å²) in [5, 5.41) is 14.0. The number of amidine groups is 1. The van der Waals surface area contributed by atoms with Crippen LogP contribution >= 0.6 is 15.9 Å². The Balaban J connectivity index is 1.49. The first-order chi connectivity index (χ1) is 16.9. The molecule has 2 heterocycles. The second-order valence-corrected chi connectivity index (χ2v) is 9.07. The maximum absolute atomic E-state index is 13.0. The van der Waals surface area contributed by atoms with E-state index in [0.29, 0.717) is 28.7 Å². The van der Waals surface area contributed by atoms with E-state index in [1.54, 1.807) is 60.8 Å². The fourth-order valence-electron chi connectivity index (χ4n) is 3.85. The van der Waals surface area contributed by atoms with Crippen LogP contribution < -0.4 is 15.4 Å². The molecule has 8 nitrogen and oxygen atoms in total. The molecule has 0 bridgehead atoms. The highest BCUT2D eigenvalue weighted by atomic mass is 79.9. The number of pyridine rings is 1. The molecule has 1 saturated heterocycles. The van der Waals surface area contributed by atoms with E-state index in [1.165, 1.54) is 13.5 Å². The summed E-state index contributed by atoms with van der Waals surface area (Å²) in [4.78, 5) is 32.2. The van der Waals surface area contributed by atoms with Gasteiger partial charge in [0.25, 0.3) is 11.8 Å². The molecule has 3 aromatic rings. The van der Waals surface area contributed by atoms with E-state index in [0.717, 1.165) is 36.0 Å². The summed E-state index contributed by atoms with van der Waals surface area (Å²) in [5.74, 6) is 0.552. The van der Waals surface area contributed by atoms with Crippen molar-refractivity contribution in [3.05, 3.63) is 82.0 Å². The van der Waals surface area contributed by atoms with Gasteiger partial charge in [0.15, 0.2) is 0 Å². The minimum atomic E-state index is -0.431. The monoisotopic (exact) mass is 535 g/mol. The smallest absolute Gasteiger partial charge is 0.259 e. The van der Waals surface area contributed by atoms with Gasteiger partial charge in [0.2, 0.25) is 0 Å². The van der Waals surface area contributed by atoms with Crippen LogP contribution in [0.4, 0.5) is 11.5 Å². The number of likely N-dealkylation sites (tertiary alicyclic amines) is 1. The number of benzene rings is 2. The Morgan fingerprint density at radius 1 is 0.943 bits per heavy atom. The van der Waals surface area contributed by atoms with E-state index >= 15 is 0 Å². The van der Waals surface area contributed by atoms with Crippen LogP contribution in [0.3, 0.4) is 0 Å². The Morgan fingerprint density at radius 3 is 2.31 bits per heavy atom. The molecular formula is C26H26BrN5O3. The molecule has 1 aliphatic heterocycles. The lowest BCUT2D eigenvalue weighted by Crippen LogP contribution is -2.35. The molecule has 1 aromatic heterocycles. The van der Waals surface area contributed by atoms with Gasteiger partial charge in [-0.3, -0.25) is 15.0 Å². The van der Waals surface area contributed by atoms with Gasteiger partial charge in [0, 0.05) is 34.9 Å². The van der Waals surface area contributed by atoms with Crippen LogP contribution in [0.2, 0.25) is 0 Å². The summed E-state index contributed by atoms with van der Waals surface area (Å²) < 4.78 is 6.06. The largest absolute Gasteiger partial charge is 0.497 e. The third-order valence-corrected chi connectivity index (χ3v) is 6.25. The Hall–Kier alpha value is -3.72. The van der Waals surface area contributed by atoms with Crippen molar-refractivity contribution >= 4 is 45.1 Å². The van der Waals surface area contributed by atoms with Crippen LogP contribution in [0.25, 0.3) is 0 Å². The number of hydrogen-bond acceptors (Lipinski definition) is 5. The SMILES string of the molecule is COc1ccc(NC(=O)c2ccc(C(=N)N3CCCCC3)cc2)c(C(=O)Nc2ccc(Br)cn2)c1. The quantitative estimate of drug-likeness (QED) is 0.298. The molecule has 4 rings (SSSR count). The molecule has 3 N–H and O–H groups in total. The van der Waals surface area contributed by atoms with Crippen molar-refractivity contribution in [2.45, 2.75) is 19.3 Å². The number of rotatable bonds is 6. The molecule has 1 aliphatic rings. The lowest BCUT2D eigenvalue weighted by Gasteiger charge is -2.29. The van der Waals surface area contributed by atoms with Crippen LogP contribution in [0.5, 0.6) is 5.75 Å². The molecule has 0 spiro atoms. The molecular weight excluding hydrogens is 510 g/mol. The third kappa shape index (κ3) is 6.05. The number of piperidine rings is 1. The van der Waals surface area contributed by atoms with Crippen molar-refractivity contribution in [3.8, 4) is 5.75 Å². The zero-order valence-corrected chi connectivity index (χ0v) is 20.9. The van der Waals surface area contributed by atoms with Crippen molar-refractivity contribution < 1.29 is 14.3 Å². The zero-order valence-electron chi connectivity index (χ0n) is 19.3. The van der Waals surface area contributed by atoms with Crippen LogP contribution in [0, 0.1) is 5.41 Å². The molecule has 2 aromatic carbocycles. The highest BCUT2D eigenvalue weighted by Crippen LogP contribution is 2.24. The Bertz CT molecular complexity index is 1220. The predicted octanol–water partition coefficient (Wildman–Crippen LogP) is 5.17. The van der Waals surface area contributed by atoms with Crippen molar-refractivity contribution in [1.82, 2.24) is 9.88 Å². The average molecular weight is 536 g/mol. The zero-order chi connectivity index (χ0) is 24.8. The molecule has 35 heavy (non-hydrogen) atoms. The van der Waals surface area contributed by atoms with Crippen LogP contribution in [0.15, 0.2) is 65.3 Å². The van der Waals surface area contributed by atoms with Gasteiger partial charge in [-0.1, -0.05) is 12.1 Å². The maximum atomic E-state index is 13.0. The second kappa shape index (κ2) is 11.1. The van der Waals surface area contributed by atoms with Gasteiger partial charge in [0.1, 0.15) is 17.4 Å². The maximum Gasteiger partial charge on any atom is 0.259 e. The number of carbonyl (C=O) groups excluding carboxylic acids is 2. The Morgan fingerprint density at radius 2 is 1.66 bits per heavy atom. The van der Waals surface area contributed by atoms with Crippen LogP contribution in [0.1, 0.15) is 45.5 Å². The standard InChI is InChI=1S/C26H26BrN5O3/c1-35-20-10-11-22(21(15-20)26(34)31-23-12-9-19(27)16-29-23)30-25(33)18-7-5-17(6-8-18)24(28)32-13-3-2-4-14-32/h5-12,15-16,28H,2-4,13-14H2,1H3,(H,30,33)(H,29,31,34). The first-order valence-electron chi connectivity index (χ1n) is 11.3. The summed E-state index contributed by atoms with van der Waals surface area (Å²) in [6.45, 7) is 1.78. The normalized spacial score (nSPS) is 13.1. The second-order valence-electron chi connectivity index (χ2n) is 8.16. The highest BCUT2D eigenvalue weighted by molar-refractivity contribution is 9.10. The average Bonchev–Trinajstić information content (AvgIpc) is 2.90.